The molecule has 2 amide bonds. The highest BCUT2D eigenvalue weighted by Crippen LogP contribution is 2.26. The number of likely N-dealkylation sites (tertiary alicyclic amines) is 1. The fraction of sp³-hybridized carbons (Fsp3) is 0.350. The summed E-state index contributed by atoms with van der Waals surface area (Å²) in [5.41, 5.74) is 8.17. The Balaban J connectivity index is 1.51. The molecule has 3 aromatic rings. The van der Waals surface area contributed by atoms with Crippen LogP contribution in [0.1, 0.15) is 19.3 Å². The molecule has 1 aliphatic rings. The first-order chi connectivity index (χ1) is 13.6. The predicted octanol–water partition coefficient (Wildman–Crippen LogP) is 3.75. The zero-order chi connectivity index (χ0) is 19.5. The number of nitrogens with one attached hydrogen (secondary N) is 1. The van der Waals surface area contributed by atoms with Gasteiger partial charge in [-0.2, -0.15) is 9.61 Å². The SMILES string of the molecule is NC(=O)N1CCCC(CCNc2cc(-c3ccccc3)nc3c(Br)cnn23)C1. The molecule has 0 bridgehead atoms. The van der Waals surface area contributed by atoms with Crippen LogP contribution in [0.15, 0.2) is 47.1 Å². The summed E-state index contributed by atoms with van der Waals surface area (Å²) >= 11 is 3.54. The van der Waals surface area contributed by atoms with E-state index >= 15 is 0 Å². The van der Waals surface area contributed by atoms with Crippen molar-refractivity contribution in [3.63, 3.8) is 0 Å². The number of hydrogen-bond acceptors (Lipinski definition) is 4. The number of aromatic nitrogens is 3. The van der Waals surface area contributed by atoms with Crippen LogP contribution in [-0.4, -0.2) is 45.2 Å². The van der Waals surface area contributed by atoms with Gasteiger partial charge in [0.25, 0.3) is 0 Å². The molecule has 8 heteroatoms. The third-order valence-corrected chi connectivity index (χ3v) is 5.75. The number of benzene rings is 1. The zero-order valence-electron chi connectivity index (χ0n) is 15.5. The van der Waals surface area contributed by atoms with Crippen LogP contribution in [-0.2, 0) is 0 Å². The molecule has 1 saturated heterocycles. The van der Waals surface area contributed by atoms with Crippen LogP contribution in [0.2, 0.25) is 0 Å². The molecule has 3 N–H and O–H groups in total. The van der Waals surface area contributed by atoms with E-state index in [1.807, 2.05) is 40.9 Å². The van der Waals surface area contributed by atoms with Crippen molar-refractivity contribution in [3.8, 4) is 11.3 Å². The number of carbonyl (C=O) groups is 1. The normalized spacial score (nSPS) is 17.0. The van der Waals surface area contributed by atoms with Crippen LogP contribution in [0.5, 0.6) is 0 Å². The molecular weight excluding hydrogens is 420 g/mol. The van der Waals surface area contributed by atoms with E-state index in [9.17, 15) is 4.79 Å². The van der Waals surface area contributed by atoms with E-state index in [4.69, 9.17) is 10.7 Å². The lowest BCUT2D eigenvalue weighted by molar-refractivity contribution is 0.171. The second-order valence-corrected chi connectivity index (χ2v) is 7.98. The maximum absolute atomic E-state index is 11.4. The molecule has 146 valence electrons. The molecule has 1 aromatic carbocycles. The Morgan fingerprint density at radius 2 is 2.14 bits per heavy atom. The summed E-state index contributed by atoms with van der Waals surface area (Å²) in [4.78, 5) is 17.9. The Hall–Kier alpha value is -2.61. The van der Waals surface area contributed by atoms with E-state index < -0.39 is 0 Å². The maximum atomic E-state index is 11.4. The molecule has 4 rings (SSSR count). The Bertz CT molecular complexity index is 973. The number of amides is 2. The number of hydrogen-bond donors (Lipinski definition) is 2. The van der Waals surface area contributed by atoms with Gasteiger partial charge in [0.05, 0.1) is 16.4 Å². The summed E-state index contributed by atoms with van der Waals surface area (Å²) in [6.07, 6.45) is 4.86. The maximum Gasteiger partial charge on any atom is 0.314 e. The van der Waals surface area contributed by atoms with Crippen molar-refractivity contribution in [1.29, 1.82) is 0 Å². The number of carbonyl (C=O) groups excluding carboxylic acids is 1. The van der Waals surface area contributed by atoms with Gasteiger partial charge in [-0.3, -0.25) is 0 Å². The largest absolute Gasteiger partial charge is 0.370 e. The number of rotatable bonds is 5. The number of fused-ring (bicyclic) bond motifs is 1. The molecule has 1 aliphatic heterocycles. The number of nitrogens with zero attached hydrogens (tertiary/aromatic N) is 4. The lowest BCUT2D eigenvalue weighted by atomic mass is 9.95. The van der Waals surface area contributed by atoms with E-state index in [0.29, 0.717) is 5.92 Å². The lowest BCUT2D eigenvalue weighted by Crippen LogP contribution is -2.43. The lowest BCUT2D eigenvalue weighted by Gasteiger charge is -2.31. The Kier molecular flexibility index (Phi) is 5.47. The standard InChI is InChI=1S/C20H23BrN6O/c21-16-12-24-27-18(11-17(25-19(16)27)15-6-2-1-3-7-15)23-9-8-14-5-4-10-26(13-14)20(22)28/h1-3,6-7,11-12,14,23H,4-5,8-10,13H2,(H2,22,28). The molecule has 1 unspecified atom stereocenters. The fourth-order valence-electron chi connectivity index (χ4n) is 3.72. The Morgan fingerprint density at radius 1 is 1.32 bits per heavy atom. The van der Waals surface area contributed by atoms with Crippen LogP contribution in [0.25, 0.3) is 16.9 Å². The van der Waals surface area contributed by atoms with Gasteiger partial charge in [-0.05, 0) is 41.1 Å². The van der Waals surface area contributed by atoms with Crippen LogP contribution in [0.4, 0.5) is 10.6 Å². The fourth-order valence-corrected chi connectivity index (χ4v) is 4.07. The predicted molar refractivity (Wildman–Crippen MR) is 113 cm³/mol. The number of nitrogens with two attached hydrogens (primary N) is 1. The summed E-state index contributed by atoms with van der Waals surface area (Å²) < 4.78 is 2.67. The zero-order valence-corrected chi connectivity index (χ0v) is 17.1. The molecule has 0 saturated carbocycles. The van der Waals surface area contributed by atoms with Gasteiger partial charge in [-0.1, -0.05) is 30.3 Å². The quantitative estimate of drug-likeness (QED) is 0.629. The molecule has 1 atom stereocenters. The molecular formula is C20H23BrN6O. The second kappa shape index (κ2) is 8.18. The summed E-state index contributed by atoms with van der Waals surface area (Å²) in [7, 11) is 0. The number of halogens is 1. The van der Waals surface area contributed by atoms with Crippen molar-refractivity contribution in [1.82, 2.24) is 19.5 Å². The molecule has 0 spiro atoms. The third-order valence-electron chi connectivity index (χ3n) is 5.19. The van der Waals surface area contributed by atoms with Gasteiger partial charge in [-0.25, -0.2) is 9.78 Å². The van der Waals surface area contributed by atoms with Crippen LogP contribution >= 0.6 is 15.9 Å². The monoisotopic (exact) mass is 442 g/mol. The first-order valence-corrected chi connectivity index (χ1v) is 10.3. The van der Waals surface area contributed by atoms with Gasteiger partial charge < -0.3 is 16.0 Å². The van der Waals surface area contributed by atoms with Gasteiger partial charge in [0.15, 0.2) is 5.65 Å². The third kappa shape index (κ3) is 3.96. The average molecular weight is 443 g/mol. The van der Waals surface area contributed by atoms with Gasteiger partial charge in [-0.15, -0.1) is 0 Å². The minimum absolute atomic E-state index is 0.317. The smallest absolute Gasteiger partial charge is 0.314 e. The first-order valence-electron chi connectivity index (χ1n) is 9.50. The van der Waals surface area contributed by atoms with Gasteiger partial charge in [0, 0.05) is 31.3 Å². The highest BCUT2D eigenvalue weighted by atomic mass is 79.9. The summed E-state index contributed by atoms with van der Waals surface area (Å²) in [6.45, 7) is 2.30. The van der Waals surface area contributed by atoms with E-state index in [1.165, 1.54) is 0 Å². The number of primary amides is 1. The van der Waals surface area contributed by atoms with Crippen LogP contribution in [0.3, 0.4) is 0 Å². The summed E-state index contributed by atoms with van der Waals surface area (Å²) in [5, 5.41) is 7.94. The van der Waals surface area contributed by atoms with E-state index in [1.54, 1.807) is 11.1 Å². The van der Waals surface area contributed by atoms with Gasteiger partial charge >= 0.3 is 6.03 Å². The topological polar surface area (TPSA) is 88.5 Å². The first kappa shape index (κ1) is 18.7. The van der Waals surface area contributed by atoms with E-state index in [-0.39, 0.29) is 6.03 Å². The molecule has 0 radical (unpaired) electrons. The average Bonchev–Trinajstić information content (AvgIpc) is 3.10. The molecule has 3 heterocycles. The Labute approximate surface area is 172 Å². The van der Waals surface area contributed by atoms with Crippen molar-refractivity contribution in [2.45, 2.75) is 19.3 Å². The Morgan fingerprint density at radius 3 is 2.93 bits per heavy atom. The molecule has 28 heavy (non-hydrogen) atoms. The highest BCUT2D eigenvalue weighted by Gasteiger charge is 2.21. The number of piperidine rings is 1. The molecule has 2 aromatic heterocycles. The van der Waals surface area contributed by atoms with Crippen molar-refractivity contribution in [3.05, 3.63) is 47.1 Å². The summed E-state index contributed by atoms with van der Waals surface area (Å²) in [6, 6.07) is 11.8. The van der Waals surface area contributed by atoms with Crippen molar-refractivity contribution >= 4 is 33.4 Å². The van der Waals surface area contributed by atoms with Crippen LogP contribution < -0.4 is 11.1 Å². The van der Waals surface area contributed by atoms with Crippen LogP contribution in [0, 0.1) is 5.92 Å². The van der Waals surface area contributed by atoms with Crippen molar-refractivity contribution < 1.29 is 4.79 Å². The molecule has 7 nitrogen and oxygen atoms in total. The molecule has 1 fully saturated rings. The van der Waals surface area contributed by atoms with Crippen molar-refractivity contribution in [2.24, 2.45) is 11.7 Å². The van der Waals surface area contributed by atoms with Gasteiger partial charge in [0.1, 0.15) is 5.82 Å². The summed E-state index contributed by atoms with van der Waals surface area (Å²) in [5.74, 6) is 1.36. The van der Waals surface area contributed by atoms with Crippen molar-refractivity contribution in [2.75, 3.05) is 25.0 Å². The number of anilines is 1. The van der Waals surface area contributed by atoms with E-state index in [0.717, 1.165) is 66.1 Å². The van der Waals surface area contributed by atoms with E-state index in [2.05, 4.69) is 26.3 Å². The number of urea groups is 1. The minimum Gasteiger partial charge on any atom is -0.370 e. The second-order valence-electron chi connectivity index (χ2n) is 7.13. The van der Waals surface area contributed by atoms with Gasteiger partial charge in [0.2, 0.25) is 0 Å². The minimum atomic E-state index is -0.317. The molecule has 0 aliphatic carbocycles. The highest BCUT2D eigenvalue weighted by molar-refractivity contribution is 9.10.